The third-order valence-corrected chi connectivity index (χ3v) is 4.60. The van der Waals surface area contributed by atoms with Crippen molar-refractivity contribution < 1.29 is 18.3 Å². The second-order valence-corrected chi connectivity index (χ2v) is 6.09. The molecule has 5 heteroatoms. The molecule has 0 atom stereocenters. The molecule has 24 heavy (non-hydrogen) atoms. The fourth-order valence-corrected chi connectivity index (χ4v) is 3.09. The Labute approximate surface area is 139 Å². The molecule has 1 aliphatic rings. The summed E-state index contributed by atoms with van der Waals surface area (Å²) in [4.78, 5) is 12.3. The molecule has 1 amide bonds. The SMILES string of the molecule is O=C(NCC1(c2ccc(F)cc2)CCOCC1)c1ccc(F)cc1. The van der Waals surface area contributed by atoms with Gasteiger partial charge in [0.1, 0.15) is 11.6 Å². The van der Waals surface area contributed by atoms with Crippen LogP contribution in [0.2, 0.25) is 0 Å². The molecule has 3 rings (SSSR count). The zero-order valence-electron chi connectivity index (χ0n) is 13.2. The van der Waals surface area contributed by atoms with E-state index in [9.17, 15) is 13.6 Å². The van der Waals surface area contributed by atoms with Gasteiger partial charge in [0.05, 0.1) is 0 Å². The Kier molecular flexibility index (Phi) is 4.90. The first-order chi connectivity index (χ1) is 11.6. The third kappa shape index (κ3) is 3.62. The molecular weight excluding hydrogens is 312 g/mol. The van der Waals surface area contributed by atoms with Crippen molar-refractivity contribution >= 4 is 5.91 Å². The lowest BCUT2D eigenvalue weighted by Gasteiger charge is -2.38. The first kappa shape index (κ1) is 16.6. The molecule has 1 fully saturated rings. The summed E-state index contributed by atoms with van der Waals surface area (Å²) in [5, 5.41) is 2.93. The van der Waals surface area contributed by atoms with Gasteiger partial charge >= 0.3 is 0 Å². The highest BCUT2D eigenvalue weighted by Gasteiger charge is 2.34. The van der Waals surface area contributed by atoms with E-state index in [-0.39, 0.29) is 23.0 Å². The lowest BCUT2D eigenvalue weighted by atomic mass is 9.74. The number of halogens is 2. The van der Waals surface area contributed by atoms with E-state index in [1.54, 1.807) is 12.1 Å². The number of ether oxygens (including phenoxy) is 1. The fraction of sp³-hybridized carbons (Fsp3) is 0.316. The Bertz CT molecular complexity index is 692. The van der Waals surface area contributed by atoms with Crippen molar-refractivity contribution in [2.45, 2.75) is 18.3 Å². The van der Waals surface area contributed by atoms with Crippen molar-refractivity contribution in [1.82, 2.24) is 5.32 Å². The van der Waals surface area contributed by atoms with E-state index in [1.165, 1.54) is 36.4 Å². The zero-order chi connectivity index (χ0) is 17.0. The molecule has 0 unspecified atom stereocenters. The summed E-state index contributed by atoms with van der Waals surface area (Å²) in [7, 11) is 0. The maximum absolute atomic E-state index is 13.2. The van der Waals surface area contributed by atoms with Gasteiger partial charge in [-0.3, -0.25) is 4.79 Å². The highest BCUT2D eigenvalue weighted by atomic mass is 19.1. The van der Waals surface area contributed by atoms with E-state index >= 15 is 0 Å². The van der Waals surface area contributed by atoms with Crippen LogP contribution in [0.15, 0.2) is 48.5 Å². The topological polar surface area (TPSA) is 38.3 Å². The van der Waals surface area contributed by atoms with Crippen molar-refractivity contribution in [3.63, 3.8) is 0 Å². The molecule has 3 nitrogen and oxygen atoms in total. The first-order valence-electron chi connectivity index (χ1n) is 7.97. The van der Waals surface area contributed by atoms with E-state index in [2.05, 4.69) is 5.32 Å². The van der Waals surface area contributed by atoms with Crippen LogP contribution in [0, 0.1) is 11.6 Å². The number of benzene rings is 2. The van der Waals surface area contributed by atoms with Crippen molar-refractivity contribution in [2.24, 2.45) is 0 Å². The highest BCUT2D eigenvalue weighted by Crippen LogP contribution is 2.34. The molecule has 2 aromatic rings. The molecule has 1 heterocycles. The van der Waals surface area contributed by atoms with Crippen LogP contribution < -0.4 is 5.32 Å². The van der Waals surface area contributed by atoms with E-state index in [1.807, 2.05) is 0 Å². The van der Waals surface area contributed by atoms with Gasteiger partial charge in [0.25, 0.3) is 5.91 Å². The van der Waals surface area contributed by atoms with Gasteiger partial charge in [0.15, 0.2) is 0 Å². The average molecular weight is 331 g/mol. The number of amides is 1. The van der Waals surface area contributed by atoms with Crippen LogP contribution in [0.3, 0.4) is 0 Å². The Morgan fingerprint density at radius 3 is 2.08 bits per heavy atom. The number of carbonyl (C=O) groups excluding carboxylic acids is 1. The molecule has 1 saturated heterocycles. The molecule has 1 N–H and O–H groups in total. The maximum atomic E-state index is 13.2. The molecule has 0 aromatic heterocycles. The van der Waals surface area contributed by atoms with E-state index in [4.69, 9.17) is 4.74 Å². The largest absolute Gasteiger partial charge is 0.381 e. The van der Waals surface area contributed by atoms with Gasteiger partial charge in [0, 0.05) is 30.7 Å². The Hall–Kier alpha value is -2.27. The van der Waals surface area contributed by atoms with Crippen molar-refractivity contribution in [1.29, 1.82) is 0 Å². The lowest BCUT2D eigenvalue weighted by molar-refractivity contribution is 0.0487. The molecule has 0 saturated carbocycles. The van der Waals surface area contributed by atoms with Gasteiger partial charge in [0.2, 0.25) is 0 Å². The molecule has 126 valence electrons. The molecular formula is C19H19F2NO2. The summed E-state index contributed by atoms with van der Waals surface area (Å²) in [5.74, 6) is -0.905. The molecule has 1 aliphatic heterocycles. The summed E-state index contributed by atoms with van der Waals surface area (Å²) in [5.41, 5.74) is 1.13. The van der Waals surface area contributed by atoms with Gasteiger partial charge in [-0.05, 0) is 54.8 Å². The van der Waals surface area contributed by atoms with Crippen LogP contribution in [0.1, 0.15) is 28.8 Å². The van der Waals surface area contributed by atoms with Crippen LogP contribution in [0.4, 0.5) is 8.78 Å². The molecule has 0 spiro atoms. The molecule has 0 bridgehead atoms. The lowest BCUT2D eigenvalue weighted by Crippen LogP contribution is -2.44. The molecule has 2 aromatic carbocycles. The monoisotopic (exact) mass is 331 g/mol. The molecule has 0 radical (unpaired) electrons. The Morgan fingerprint density at radius 2 is 1.50 bits per heavy atom. The van der Waals surface area contributed by atoms with Crippen LogP contribution in [-0.2, 0) is 10.2 Å². The summed E-state index contributed by atoms with van der Waals surface area (Å²) >= 11 is 0. The minimum atomic E-state index is -0.376. The van der Waals surface area contributed by atoms with Gasteiger partial charge in [-0.1, -0.05) is 12.1 Å². The van der Waals surface area contributed by atoms with Crippen LogP contribution in [0.5, 0.6) is 0 Å². The number of hydrogen-bond donors (Lipinski definition) is 1. The Morgan fingerprint density at radius 1 is 0.958 bits per heavy atom. The summed E-state index contributed by atoms with van der Waals surface area (Å²) < 4.78 is 31.6. The predicted molar refractivity (Wildman–Crippen MR) is 86.9 cm³/mol. The normalized spacial score (nSPS) is 16.6. The average Bonchev–Trinajstić information content (AvgIpc) is 2.62. The van der Waals surface area contributed by atoms with E-state index in [0.717, 1.165) is 18.4 Å². The summed E-state index contributed by atoms with van der Waals surface area (Å²) in [6, 6.07) is 11.9. The summed E-state index contributed by atoms with van der Waals surface area (Å²) in [6.45, 7) is 1.63. The van der Waals surface area contributed by atoms with Gasteiger partial charge in [-0.25, -0.2) is 8.78 Å². The smallest absolute Gasteiger partial charge is 0.251 e. The Balaban J connectivity index is 1.76. The van der Waals surface area contributed by atoms with Crippen molar-refractivity contribution in [2.75, 3.05) is 19.8 Å². The zero-order valence-corrected chi connectivity index (χ0v) is 13.2. The maximum Gasteiger partial charge on any atom is 0.251 e. The van der Waals surface area contributed by atoms with Crippen LogP contribution in [-0.4, -0.2) is 25.7 Å². The van der Waals surface area contributed by atoms with E-state index in [0.29, 0.717) is 25.3 Å². The second-order valence-electron chi connectivity index (χ2n) is 6.09. The highest BCUT2D eigenvalue weighted by molar-refractivity contribution is 5.94. The van der Waals surface area contributed by atoms with Crippen molar-refractivity contribution in [3.05, 3.63) is 71.3 Å². The number of nitrogens with one attached hydrogen (secondary N) is 1. The van der Waals surface area contributed by atoms with Crippen LogP contribution >= 0.6 is 0 Å². The van der Waals surface area contributed by atoms with Gasteiger partial charge < -0.3 is 10.1 Å². The van der Waals surface area contributed by atoms with Gasteiger partial charge in [-0.15, -0.1) is 0 Å². The van der Waals surface area contributed by atoms with Crippen molar-refractivity contribution in [3.8, 4) is 0 Å². The quantitative estimate of drug-likeness (QED) is 0.932. The second kappa shape index (κ2) is 7.09. The molecule has 0 aliphatic carbocycles. The van der Waals surface area contributed by atoms with Crippen LogP contribution in [0.25, 0.3) is 0 Å². The third-order valence-electron chi connectivity index (χ3n) is 4.60. The first-order valence-corrected chi connectivity index (χ1v) is 7.97. The summed E-state index contributed by atoms with van der Waals surface area (Å²) in [6.07, 6.45) is 1.50. The number of hydrogen-bond acceptors (Lipinski definition) is 2. The minimum absolute atomic E-state index is 0.247. The van der Waals surface area contributed by atoms with E-state index < -0.39 is 0 Å². The predicted octanol–water partition coefficient (Wildman–Crippen LogP) is 3.44. The fourth-order valence-electron chi connectivity index (χ4n) is 3.09. The number of rotatable bonds is 4. The standard InChI is InChI=1S/C19H19F2NO2/c20-16-5-1-14(2-6-16)18(23)22-13-19(9-11-24-12-10-19)15-3-7-17(21)8-4-15/h1-8H,9-13H2,(H,22,23). The minimum Gasteiger partial charge on any atom is -0.381 e. The number of carbonyl (C=O) groups is 1. The van der Waals surface area contributed by atoms with Gasteiger partial charge in [-0.2, -0.15) is 0 Å².